The van der Waals surface area contributed by atoms with Gasteiger partial charge < -0.3 is 20.5 Å². The number of anilines is 1. The third kappa shape index (κ3) is 5.03. The zero-order valence-corrected chi connectivity index (χ0v) is 12.7. The number of nitrogens with two attached hydrogens (primary N) is 1. The Hall–Kier alpha value is -3.02. The van der Waals surface area contributed by atoms with Crippen LogP contribution in [-0.2, 0) is 4.79 Å². The minimum atomic E-state index is -0.561. The fraction of sp³-hybridized carbons (Fsp3) is 0.176. The van der Waals surface area contributed by atoms with Gasteiger partial charge in [0.2, 0.25) is 0 Å². The molecule has 2 amide bonds. The fourth-order valence-electron chi connectivity index (χ4n) is 1.89. The molecule has 0 spiro atoms. The van der Waals surface area contributed by atoms with Gasteiger partial charge in [-0.25, -0.2) is 0 Å². The van der Waals surface area contributed by atoms with E-state index in [4.69, 9.17) is 15.2 Å². The highest BCUT2D eigenvalue weighted by Crippen LogP contribution is 2.19. The minimum absolute atomic E-state index is 0.212. The number of primary amides is 1. The van der Waals surface area contributed by atoms with Gasteiger partial charge in [-0.05, 0) is 43.3 Å². The molecule has 6 heteroatoms. The Morgan fingerprint density at radius 2 is 1.78 bits per heavy atom. The van der Waals surface area contributed by atoms with Crippen LogP contribution in [0.3, 0.4) is 0 Å². The number of amides is 2. The van der Waals surface area contributed by atoms with Gasteiger partial charge in [0.05, 0.1) is 6.61 Å². The zero-order chi connectivity index (χ0) is 16.7. The predicted molar refractivity (Wildman–Crippen MR) is 86.7 cm³/mol. The minimum Gasteiger partial charge on any atom is -0.494 e. The molecule has 120 valence electrons. The Balaban J connectivity index is 2.01. The van der Waals surface area contributed by atoms with Crippen molar-refractivity contribution in [1.82, 2.24) is 0 Å². The maximum atomic E-state index is 12.2. The van der Waals surface area contributed by atoms with Crippen LogP contribution in [0.2, 0.25) is 0 Å². The number of hydrogen-bond acceptors (Lipinski definition) is 4. The van der Waals surface area contributed by atoms with Gasteiger partial charge in [0.25, 0.3) is 11.8 Å². The smallest absolute Gasteiger partial charge is 0.255 e. The second kappa shape index (κ2) is 7.84. The van der Waals surface area contributed by atoms with E-state index in [0.29, 0.717) is 29.4 Å². The van der Waals surface area contributed by atoms with E-state index in [9.17, 15) is 9.59 Å². The summed E-state index contributed by atoms with van der Waals surface area (Å²) < 4.78 is 10.5. The number of carbonyl (C=O) groups excluding carboxylic acids is 2. The Kier molecular flexibility index (Phi) is 5.57. The highest BCUT2D eigenvalue weighted by atomic mass is 16.5. The first-order valence-corrected chi connectivity index (χ1v) is 7.14. The van der Waals surface area contributed by atoms with Crippen molar-refractivity contribution < 1.29 is 19.1 Å². The van der Waals surface area contributed by atoms with Gasteiger partial charge in [0.1, 0.15) is 11.5 Å². The van der Waals surface area contributed by atoms with Crippen LogP contribution in [0.25, 0.3) is 0 Å². The van der Waals surface area contributed by atoms with E-state index in [1.165, 1.54) is 0 Å². The summed E-state index contributed by atoms with van der Waals surface area (Å²) in [6.45, 7) is 2.26. The molecule has 0 fully saturated rings. The first kappa shape index (κ1) is 16.4. The lowest BCUT2D eigenvalue weighted by atomic mass is 10.2. The molecule has 0 aromatic heterocycles. The molecule has 0 heterocycles. The van der Waals surface area contributed by atoms with E-state index in [0.717, 1.165) is 0 Å². The summed E-state index contributed by atoms with van der Waals surface area (Å²) in [7, 11) is 0. The summed E-state index contributed by atoms with van der Waals surface area (Å²) >= 11 is 0. The van der Waals surface area contributed by atoms with Crippen LogP contribution >= 0.6 is 0 Å². The lowest BCUT2D eigenvalue weighted by Crippen LogP contribution is -2.20. The van der Waals surface area contributed by atoms with E-state index >= 15 is 0 Å². The Bertz CT molecular complexity index is 683. The second-order valence-electron chi connectivity index (χ2n) is 4.69. The molecule has 2 aromatic rings. The Morgan fingerprint density at radius 1 is 1.04 bits per heavy atom. The first-order chi connectivity index (χ1) is 11.1. The molecule has 3 N–H and O–H groups in total. The molecule has 0 unspecified atom stereocenters. The monoisotopic (exact) mass is 314 g/mol. The summed E-state index contributed by atoms with van der Waals surface area (Å²) in [5.74, 6) is 0.355. The summed E-state index contributed by atoms with van der Waals surface area (Å²) in [6.07, 6.45) is 0. The van der Waals surface area contributed by atoms with Crippen molar-refractivity contribution in [3.8, 4) is 11.5 Å². The van der Waals surface area contributed by atoms with Crippen molar-refractivity contribution in [2.45, 2.75) is 6.92 Å². The molecule has 0 saturated carbocycles. The van der Waals surface area contributed by atoms with Gasteiger partial charge in [-0.3, -0.25) is 9.59 Å². The van der Waals surface area contributed by atoms with Crippen LogP contribution in [0, 0.1) is 0 Å². The molecule has 0 saturated heterocycles. The normalized spacial score (nSPS) is 9.96. The van der Waals surface area contributed by atoms with Crippen LogP contribution in [0.1, 0.15) is 17.3 Å². The fourth-order valence-corrected chi connectivity index (χ4v) is 1.89. The average molecular weight is 314 g/mol. The van der Waals surface area contributed by atoms with Crippen molar-refractivity contribution in [1.29, 1.82) is 0 Å². The maximum absolute atomic E-state index is 12.2. The lowest BCUT2D eigenvalue weighted by molar-refractivity contribution is -0.119. The molecule has 0 bridgehead atoms. The average Bonchev–Trinajstić information content (AvgIpc) is 2.54. The SMILES string of the molecule is CCOc1ccc(C(=O)Nc2cccc(OCC(N)=O)c2)cc1. The molecule has 0 radical (unpaired) electrons. The molecule has 0 aliphatic rings. The molecule has 0 aliphatic carbocycles. The van der Waals surface area contributed by atoms with Crippen LogP contribution in [0.4, 0.5) is 5.69 Å². The standard InChI is InChI=1S/C17H18N2O4/c1-2-22-14-8-6-12(7-9-14)17(21)19-13-4-3-5-15(10-13)23-11-16(18)20/h3-10H,2,11H2,1H3,(H2,18,20)(H,19,21). The van der Waals surface area contributed by atoms with Gasteiger partial charge in [0.15, 0.2) is 6.61 Å². The number of nitrogens with one attached hydrogen (secondary N) is 1. The van der Waals surface area contributed by atoms with Gasteiger partial charge >= 0.3 is 0 Å². The van der Waals surface area contributed by atoms with Crippen molar-refractivity contribution in [2.24, 2.45) is 5.73 Å². The number of benzene rings is 2. The summed E-state index contributed by atoms with van der Waals surface area (Å²) in [4.78, 5) is 22.9. The maximum Gasteiger partial charge on any atom is 0.255 e. The van der Waals surface area contributed by atoms with Crippen LogP contribution in [-0.4, -0.2) is 25.0 Å². The van der Waals surface area contributed by atoms with Gasteiger partial charge in [-0.15, -0.1) is 0 Å². The number of carbonyl (C=O) groups is 2. The lowest BCUT2D eigenvalue weighted by Gasteiger charge is -2.09. The van der Waals surface area contributed by atoms with E-state index in [1.807, 2.05) is 6.92 Å². The summed E-state index contributed by atoms with van der Waals surface area (Å²) in [5.41, 5.74) is 6.10. The molecule has 0 atom stereocenters. The van der Waals surface area contributed by atoms with Crippen LogP contribution in [0.5, 0.6) is 11.5 Å². The molecular weight excluding hydrogens is 296 g/mol. The topological polar surface area (TPSA) is 90.7 Å². The van der Waals surface area contributed by atoms with Crippen LogP contribution < -0.4 is 20.5 Å². The summed E-state index contributed by atoms with van der Waals surface area (Å²) in [5, 5.41) is 2.76. The molecule has 2 aromatic carbocycles. The Morgan fingerprint density at radius 3 is 2.43 bits per heavy atom. The highest BCUT2D eigenvalue weighted by Gasteiger charge is 2.07. The van der Waals surface area contributed by atoms with Crippen molar-refractivity contribution in [2.75, 3.05) is 18.5 Å². The van der Waals surface area contributed by atoms with Crippen molar-refractivity contribution in [3.05, 3.63) is 54.1 Å². The highest BCUT2D eigenvalue weighted by molar-refractivity contribution is 6.04. The van der Waals surface area contributed by atoms with E-state index in [2.05, 4.69) is 5.32 Å². The third-order valence-electron chi connectivity index (χ3n) is 2.90. The van der Waals surface area contributed by atoms with Crippen LogP contribution in [0.15, 0.2) is 48.5 Å². The first-order valence-electron chi connectivity index (χ1n) is 7.14. The largest absolute Gasteiger partial charge is 0.494 e. The Labute approximate surface area is 134 Å². The molecule has 2 rings (SSSR count). The zero-order valence-electron chi connectivity index (χ0n) is 12.7. The van der Waals surface area contributed by atoms with E-state index in [1.54, 1.807) is 48.5 Å². The van der Waals surface area contributed by atoms with Gasteiger partial charge in [-0.2, -0.15) is 0 Å². The number of ether oxygens (including phenoxy) is 2. The molecule has 6 nitrogen and oxygen atoms in total. The van der Waals surface area contributed by atoms with E-state index < -0.39 is 5.91 Å². The van der Waals surface area contributed by atoms with Gasteiger partial charge in [0, 0.05) is 17.3 Å². The predicted octanol–water partition coefficient (Wildman–Crippen LogP) is 2.20. The van der Waals surface area contributed by atoms with Crippen molar-refractivity contribution in [3.63, 3.8) is 0 Å². The third-order valence-corrected chi connectivity index (χ3v) is 2.90. The molecule has 23 heavy (non-hydrogen) atoms. The molecular formula is C17H18N2O4. The molecule has 0 aliphatic heterocycles. The van der Waals surface area contributed by atoms with Gasteiger partial charge in [-0.1, -0.05) is 6.07 Å². The van der Waals surface area contributed by atoms with E-state index in [-0.39, 0.29) is 12.5 Å². The second-order valence-corrected chi connectivity index (χ2v) is 4.69. The van der Waals surface area contributed by atoms with Crippen molar-refractivity contribution >= 4 is 17.5 Å². The number of rotatable bonds is 7. The summed E-state index contributed by atoms with van der Waals surface area (Å²) in [6, 6.07) is 13.6. The quantitative estimate of drug-likeness (QED) is 0.819. The number of hydrogen-bond donors (Lipinski definition) is 2.